The van der Waals surface area contributed by atoms with Crippen molar-refractivity contribution in [3.63, 3.8) is 0 Å². The van der Waals surface area contributed by atoms with Crippen molar-refractivity contribution in [3.8, 4) is 0 Å². The van der Waals surface area contributed by atoms with Crippen LogP contribution in [0.1, 0.15) is 16.7 Å². The van der Waals surface area contributed by atoms with Gasteiger partial charge < -0.3 is 10.2 Å². The van der Waals surface area contributed by atoms with Crippen molar-refractivity contribution in [3.05, 3.63) is 144 Å². The number of hydrogen-bond acceptors (Lipinski definition) is 2. The molecule has 1 spiro atoms. The molecule has 6 aromatic carbocycles. The van der Waals surface area contributed by atoms with Crippen molar-refractivity contribution in [1.29, 1.82) is 0 Å². The fourth-order valence-corrected chi connectivity index (χ4v) is 6.51. The van der Waals surface area contributed by atoms with E-state index < -0.39 is 11.2 Å². The normalized spacial score (nSPS) is 14.8. The molecule has 8 rings (SSSR count). The van der Waals surface area contributed by atoms with Gasteiger partial charge in [0, 0.05) is 38.8 Å². The monoisotopic (exact) mass is 510 g/mol. The summed E-state index contributed by atoms with van der Waals surface area (Å²) in [4.78, 5) is 16.4. The summed E-state index contributed by atoms with van der Waals surface area (Å²) in [5.41, 5.74) is 3.78. The maximum absolute atomic E-state index is 14.9. The minimum absolute atomic E-state index is 0.227. The number of anilines is 4. The van der Waals surface area contributed by atoms with Crippen LogP contribution in [-0.4, -0.2) is 5.91 Å². The summed E-state index contributed by atoms with van der Waals surface area (Å²) < 4.78 is 29.0. The summed E-state index contributed by atoms with van der Waals surface area (Å²) >= 11 is 0. The Morgan fingerprint density at radius 2 is 1.15 bits per heavy atom. The van der Waals surface area contributed by atoms with Gasteiger partial charge in [0.05, 0.1) is 11.4 Å². The van der Waals surface area contributed by atoms with Crippen LogP contribution in [0.3, 0.4) is 0 Å². The second-order valence-electron chi connectivity index (χ2n) is 10.1. The quantitative estimate of drug-likeness (QED) is 0.241. The van der Waals surface area contributed by atoms with E-state index in [-0.39, 0.29) is 11.7 Å². The van der Waals surface area contributed by atoms with E-state index in [2.05, 4.69) is 10.2 Å². The lowest BCUT2D eigenvalue weighted by atomic mass is 9.66. The van der Waals surface area contributed by atoms with Crippen molar-refractivity contribution in [2.75, 3.05) is 10.2 Å². The van der Waals surface area contributed by atoms with Gasteiger partial charge in [0.1, 0.15) is 17.0 Å². The van der Waals surface area contributed by atoms with Crippen LogP contribution in [0, 0.1) is 11.6 Å². The second-order valence-corrected chi connectivity index (χ2v) is 10.1. The molecule has 2 aliphatic rings. The lowest BCUT2D eigenvalue weighted by Crippen LogP contribution is -2.42. The van der Waals surface area contributed by atoms with Crippen molar-refractivity contribution >= 4 is 50.2 Å². The summed E-state index contributed by atoms with van der Waals surface area (Å²) in [7, 11) is 0. The number of nitrogens with zero attached hydrogens (tertiary/aromatic N) is 1. The standard InChI is InChI=1S/C34H20F2N2O/c35-22-11-14-24(15-12-22)38-31-25-7-3-1-5-20(25)9-16-27(31)34(29-19-23(36)13-18-30(29)37-33(34)39)28-17-10-21-6-2-4-8-26(21)32(28)38/h1-19H,(H,37,39). The maximum Gasteiger partial charge on any atom is 0.244 e. The molecule has 3 nitrogen and oxygen atoms in total. The Balaban J connectivity index is 1.62. The van der Waals surface area contributed by atoms with Crippen molar-refractivity contribution in [2.45, 2.75) is 5.41 Å². The fraction of sp³-hybridized carbons (Fsp3) is 0.0294. The summed E-state index contributed by atoms with van der Waals surface area (Å²) in [6.45, 7) is 0. The Hall–Kier alpha value is -5.03. The zero-order valence-electron chi connectivity index (χ0n) is 20.6. The van der Waals surface area contributed by atoms with E-state index in [4.69, 9.17) is 0 Å². The third kappa shape index (κ3) is 2.82. The SMILES string of the molecule is O=C1Nc2ccc(F)cc2C12c1ccc3ccccc3c1N(c1ccc(F)cc1)c1c2ccc2ccccc12. The van der Waals surface area contributed by atoms with Crippen molar-refractivity contribution in [2.24, 2.45) is 0 Å². The van der Waals surface area contributed by atoms with Gasteiger partial charge in [-0.1, -0.05) is 72.8 Å². The Kier molecular flexibility index (Phi) is 4.37. The average molecular weight is 511 g/mol. The molecular formula is C34H20F2N2O. The number of carbonyl (C=O) groups excluding carboxylic acids is 1. The Morgan fingerprint density at radius 3 is 1.77 bits per heavy atom. The van der Waals surface area contributed by atoms with Crippen LogP contribution in [0.4, 0.5) is 31.5 Å². The molecule has 0 unspecified atom stereocenters. The highest BCUT2D eigenvalue weighted by atomic mass is 19.1. The largest absolute Gasteiger partial charge is 0.324 e. The van der Waals surface area contributed by atoms with Crippen LogP contribution < -0.4 is 10.2 Å². The maximum atomic E-state index is 14.9. The van der Waals surface area contributed by atoms with Crippen LogP contribution in [-0.2, 0) is 10.2 Å². The zero-order chi connectivity index (χ0) is 26.3. The van der Waals surface area contributed by atoms with Crippen molar-refractivity contribution < 1.29 is 13.6 Å². The summed E-state index contributed by atoms with van der Waals surface area (Å²) in [5, 5.41) is 6.93. The molecule has 39 heavy (non-hydrogen) atoms. The van der Waals surface area contributed by atoms with Crippen LogP contribution in [0.15, 0.2) is 115 Å². The lowest BCUT2D eigenvalue weighted by Gasteiger charge is -2.43. The highest BCUT2D eigenvalue weighted by molar-refractivity contribution is 6.19. The topological polar surface area (TPSA) is 32.3 Å². The average Bonchev–Trinajstić information content (AvgIpc) is 3.25. The van der Waals surface area contributed by atoms with Gasteiger partial charge in [-0.3, -0.25) is 4.79 Å². The molecule has 5 heteroatoms. The van der Waals surface area contributed by atoms with Crippen LogP contribution in [0.25, 0.3) is 21.5 Å². The third-order valence-electron chi connectivity index (χ3n) is 8.12. The van der Waals surface area contributed by atoms with E-state index in [0.29, 0.717) is 11.3 Å². The number of hydrogen-bond donors (Lipinski definition) is 1. The number of halogens is 2. The molecule has 0 aromatic heterocycles. The number of amides is 1. The first kappa shape index (κ1) is 22.0. The van der Waals surface area contributed by atoms with Gasteiger partial charge in [0.25, 0.3) is 0 Å². The Labute approximate surface area is 222 Å². The summed E-state index contributed by atoms with van der Waals surface area (Å²) in [5.74, 6) is -0.965. The van der Waals surface area contributed by atoms with Crippen LogP contribution in [0.5, 0.6) is 0 Å². The van der Waals surface area contributed by atoms with Crippen LogP contribution in [0.2, 0.25) is 0 Å². The number of benzene rings is 6. The first-order valence-corrected chi connectivity index (χ1v) is 12.8. The van der Waals surface area contributed by atoms with E-state index in [1.54, 1.807) is 18.2 Å². The molecular weight excluding hydrogens is 490 g/mol. The second kappa shape index (κ2) is 7.74. The van der Waals surface area contributed by atoms with Gasteiger partial charge in [-0.25, -0.2) is 8.78 Å². The van der Waals surface area contributed by atoms with Crippen molar-refractivity contribution in [1.82, 2.24) is 0 Å². The molecule has 2 heterocycles. The summed E-state index contributed by atoms with van der Waals surface area (Å²) in [6.07, 6.45) is 0. The first-order valence-electron chi connectivity index (χ1n) is 12.8. The predicted octanol–water partition coefficient (Wildman–Crippen LogP) is 8.34. The summed E-state index contributed by atoms with van der Waals surface area (Å²) in [6, 6.07) is 34.9. The minimum Gasteiger partial charge on any atom is -0.324 e. The molecule has 1 amide bonds. The minimum atomic E-state index is -1.29. The number of nitrogens with one attached hydrogen (secondary N) is 1. The fourth-order valence-electron chi connectivity index (χ4n) is 6.51. The molecule has 0 radical (unpaired) electrons. The number of fused-ring (bicyclic) bond motifs is 10. The first-order chi connectivity index (χ1) is 19.1. The Bertz CT molecular complexity index is 1910. The molecule has 0 atom stereocenters. The molecule has 0 saturated heterocycles. The van der Waals surface area contributed by atoms with Gasteiger partial charge in [0.15, 0.2) is 0 Å². The molecule has 186 valence electrons. The molecule has 6 aromatic rings. The van der Waals surface area contributed by atoms with E-state index in [9.17, 15) is 13.6 Å². The molecule has 1 N–H and O–H groups in total. The lowest BCUT2D eigenvalue weighted by molar-refractivity contribution is -0.118. The molecule has 0 fully saturated rings. The Morgan fingerprint density at radius 1 is 0.590 bits per heavy atom. The van der Waals surface area contributed by atoms with E-state index in [0.717, 1.165) is 49.7 Å². The third-order valence-corrected chi connectivity index (χ3v) is 8.12. The van der Waals surface area contributed by atoms with Gasteiger partial charge in [0.2, 0.25) is 5.91 Å². The smallest absolute Gasteiger partial charge is 0.244 e. The number of rotatable bonds is 1. The van der Waals surface area contributed by atoms with E-state index >= 15 is 0 Å². The highest BCUT2D eigenvalue weighted by Crippen LogP contribution is 2.61. The highest BCUT2D eigenvalue weighted by Gasteiger charge is 2.55. The predicted molar refractivity (Wildman–Crippen MR) is 151 cm³/mol. The number of carbonyl (C=O) groups is 1. The van der Waals surface area contributed by atoms with E-state index in [1.165, 1.54) is 24.3 Å². The van der Waals surface area contributed by atoms with E-state index in [1.807, 2.05) is 72.8 Å². The van der Waals surface area contributed by atoms with Gasteiger partial charge in [-0.2, -0.15) is 0 Å². The molecule has 0 saturated carbocycles. The molecule has 2 aliphatic heterocycles. The molecule has 0 aliphatic carbocycles. The van der Waals surface area contributed by atoms with Crippen LogP contribution >= 0.6 is 0 Å². The molecule has 0 bridgehead atoms. The van der Waals surface area contributed by atoms with Gasteiger partial charge >= 0.3 is 0 Å². The van der Waals surface area contributed by atoms with Gasteiger partial charge in [-0.15, -0.1) is 0 Å². The van der Waals surface area contributed by atoms with Gasteiger partial charge in [-0.05, 0) is 53.2 Å². The zero-order valence-corrected chi connectivity index (χ0v) is 20.6.